The van der Waals surface area contributed by atoms with Crippen LogP contribution in [0.2, 0.25) is 0 Å². The average molecular weight is 466 g/mol. The van der Waals surface area contributed by atoms with Gasteiger partial charge in [0.2, 0.25) is 0 Å². The Hall–Kier alpha value is -3.04. The van der Waals surface area contributed by atoms with Crippen molar-refractivity contribution in [2.75, 3.05) is 24.7 Å². The number of nitrogens with one attached hydrogen (secondary N) is 1. The maximum absolute atomic E-state index is 13.4. The highest BCUT2D eigenvalue weighted by Gasteiger charge is 2.39. The maximum atomic E-state index is 13.4. The van der Waals surface area contributed by atoms with Crippen LogP contribution in [0.3, 0.4) is 0 Å². The number of aromatic nitrogens is 2. The number of nitrogens with two attached hydrogens (primary N) is 1. The predicted octanol–water partition coefficient (Wildman–Crippen LogP) is 3.71. The second-order valence-electron chi connectivity index (χ2n) is 8.97. The van der Waals surface area contributed by atoms with Gasteiger partial charge in [0.1, 0.15) is 5.82 Å². The van der Waals surface area contributed by atoms with Crippen LogP contribution in [0.1, 0.15) is 49.3 Å². The quantitative estimate of drug-likeness (QED) is 0.568. The number of fused-ring (bicyclic) bond motifs is 1. The number of hydrogen-bond donors (Lipinski definition) is 2. The van der Waals surface area contributed by atoms with Crippen molar-refractivity contribution in [3.8, 4) is 0 Å². The van der Waals surface area contributed by atoms with E-state index in [9.17, 15) is 9.59 Å². The van der Waals surface area contributed by atoms with E-state index < -0.39 is 11.8 Å². The summed E-state index contributed by atoms with van der Waals surface area (Å²) in [5.41, 5.74) is 11.1. The number of thiazole rings is 1. The molecule has 1 saturated heterocycles. The van der Waals surface area contributed by atoms with E-state index in [1.165, 1.54) is 6.20 Å². The van der Waals surface area contributed by atoms with Gasteiger partial charge >= 0.3 is 11.8 Å². The third-order valence-electron chi connectivity index (χ3n) is 6.67. The minimum atomic E-state index is -0.675. The number of ether oxygens (including phenoxy) is 1. The molecule has 3 atom stereocenters. The van der Waals surface area contributed by atoms with Crippen molar-refractivity contribution in [2.45, 2.75) is 44.2 Å². The molecule has 3 N–H and O–H groups in total. The molecular weight excluding hydrogens is 438 g/mol. The molecule has 1 aliphatic heterocycles. The number of rotatable bonds is 4. The topological polar surface area (TPSA) is 110 Å². The largest absolute Gasteiger partial charge is 0.383 e. The first kappa shape index (κ1) is 21.8. The fourth-order valence-electron chi connectivity index (χ4n) is 4.68. The van der Waals surface area contributed by atoms with Crippen molar-refractivity contribution in [3.63, 3.8) is 0 Å². The summed E-state index contributed by atoms with van der Waals surface area (Å²) >= 11 is 1.57. The molecule has 8 nitrogen and oxygen atoms in total. The number of likely N-dealkylation sites (tertiary alicyclic amines) is 1. The van der Waals surface area contributed by atoms with Crippen molar-refractivity contribution in [1.82, 2.24) is 14.9 Å². The van der Waals surface area contributed by atoms with Gasteiger partial charge in [0, 0.05) is 19.6 Å². The standard InChI is InChI=1S/C24H27N5O3S/c1-13-11-29(19(9-20(13)32-2)15-5-6-21-18(7-15)27-12-33-21)24(31)23(30)28-16-8-17(14-3-4-14)22(25)26-10-16/h5-8,10,12-14,19-20H,3-4,9,11H2,1-2H3,(H2,25,26)(H,28,30)/t13-,19-,20+/m0/s1. The predicted molar refractivity (Wildman–Crippen MR) is 128 cm³/mol. The van der Waals surface area contributed by atoms with Crippen LogP contribution in [0.4, 0.5) is 11.5 Å². The number of nitrogens with zero attached hydrogens (tertiary/aromatic N) is 3. The van der Waals surface area contributed by atoms with E-state index in [0.717, 1.165) is 34.2 Å². The van der Waals surface area contributed by atoms with Crippen molar-refractivity contribution in [3.05, 3.63) is 47.1 Å². The number of benzene rings is 1. The van der Waals surface area contributed by atoms with Crippen LogP contribution in [-0.2, 0) is 14.3 Å². The van der Waals surface area contributed by atoms with E-state index in [-0.39, 0.29) is 18.1 Å². The summed E-state index contributed by atoms with van der Waals surface area (Å²) in [6, 6.07) is 7.59. The first-order chi connectivity index (χ1) is 15.9. The number of pyridine rings is 1. The van der Waals surface area contributed by atoms with Crippen LogP contribution in [0, 0.1) is 5.92 Å². The normalized spacial score (nSPS) is 23.0. The highest BCUT2D eigenvalue weighted by atomic mass is 32.1. The van der Waals surface area contributed by atoms with Gasteiger partial charge in [-0.3, -0.25) is 9.59 Å². The lowest BCUT2D eigenvalue weighted by molar-refractivity contribution is -0.149. The Balaban J connectivity index is 1.40. The number of anilines is 2. The average Bonchev–Trinajstić information content (AvgIpc) is 3.55. The zero-order valence-electron chi connectivity index (χ0n) is 18.7. The molecular formula is C24H27N5O3S. The molecule has 1 aliphatic carbocycles. The number of methoxy groups -OCH3 is 1. The van der Waals surface area contributed by atoms with Gasteiger partial charge in [0.15, 0.2) is 0 Å². The Morgan fingerprint density at radius 3 is 2.82 bits per heavy atom. The number of carbonyl (C=O) groups excluding carboxylic acids is 2. The molecule has 1 aromatic carbocycles. The SMILES string of the molecule is CO[C@@H]1C[C@@H](c2ccc3scnc3c2)N(C(=O)C(=O)Nc2cnc(N)c(C3CC3)c2)C[C@@H]1C. The van der Waals surface area contributed by atoms with Crippen molar-refractivity contribution in [2.24, 2.45) is 5.92 Å². The van der Waals surface area contributed by atoms with E-state index in [1.807, 2.05) is 36.7 Å². The molecule has 33 heavy (non-hydrogen) atoms. The van der Waals surface area contributed by atoms with Gasteiger partial charge in [-0.05, 0) is 54.5 Å². The number of piperidine rings is 1. The lowest BCUT2D eigenvalue weighted by atomic mass is 9.87. The summed E-state index contributed by atoms with van der Waals surface area (Å²) in [4.78, 5) is 36.6. The summed E-state index contributed by atoms with van der Waals surface area (Å²) in [6.45, 7) is 2.47. The van der Waals surface area contributed by atoms with Crippen molar-refractivity contribution in [1.29, 1.82) is 0 Å². The molecule has 0 spiro atoms. The summed E-state index contributed by atoms with van der Waals surface area (Å²) in [5.74, 6) is -0.264. The summed E-state index contributed by atoms with van der Waals surface area (Å²) in [5, 5.41) is 2.74. The smallest absolute Gasteiger partial charge is 0.313 e. The zero-order valence-corrected chi connectivity index (χ0v) is 19.5. The number of hydrogen-bond acceptors (Lipinski definition) is 7. The Morgan fingerprint density at radius 2 is 2.06 bits per heavy atom. The fourth-order valence-corrected chi connectivity index (χ4v) is 5.34. The first-order valence-corrected chi connectivity index (χ1v) is 12.1. The molecule has 0 bridgehead atoms. The van der Waals surface area contributed by atoms with Gasteiger partial charge in [0.25, 0.3) is 0 Å². The van der Waals surface area contributed by atoms with Crippen LogP contribution in [0.25, 0.3) is 10.2 Å². The molecule has 2 aliphatic rings. The molecule has 3 heterocycles. The third-order valence-corrected chi connectivity index (χ3v) is 7.48. The van der Waals surface area contributed by atoms with Crippen molar-refractivity contribution < 1.29 is 14.3 Å². The van der Waals surface area contributed by atoms with E-state index in [0.29, 0.717) is 30.4 Å². The molecule has 2 aromatic heterocycles. The Kier molecular flexibility index (Phi) is 5.76. The molecule has 5 rings (SSSR count). The second kappa shape index (κ2) is 8.72. The third kappa shape index (κ3) is 4.30. The van der Waals surface area contributed by atoms with Crippen LogP contribution in [0.15, 0.2) is 36.0 Å². The summed E-state index contributed by atoms with van der Waals surface area (Å²) in [6.07, 6.45) is 4.25. The monoisotopic (exact) mass is 465 g/mol. The van der Waals surface area contributed by atoms with E-state index in [2.05, 4.69) is 15.3 Å². The summed E-state index contributed by atoms with van der Waals surface area (Å²) < 4.78 is 6.78. The molecule has 0 radical (unpaired) electrons. The van der Waals surface area contributed by atoms with E-state index in [4.69, 9.17) is 10.5 Å². The van der Waals surface area contributed by atoms with Crippen molar-refractivity contribution >= 4 is 44.9 Å². The van der Waals surface area contributed by atoms with Crippen LogP contribution < -0.4 is 11.1 Å². The Bertz CT molecular complexity index is 1210. The van der Waals surface area contributed by atoms with Crippen LogP contribution >= 0.6 is 11.3 Å². The number of amides is 2. The Morgan fingerprint density at radius 1 is 1.24 bits per heavy atom. The van der Waals surface area contributed by atoms with Crippen LogP contribution in [-0.4, -0.2) is 46.4 Å². The van der Waals surface area contributed by atoms with E-state index >= 15 is 0 Å². The molecule has 0 unspecified atom stereocenters. The van der Waals surface area contributed by atoms with Gasteiger partial charge < -0.3 is 20.7 Å². The number of carbonyl (C=O) groups is 2. The van der Waals surface area contributed by atoms with Crippen LogP contribution in [0.5, 0.6) is 0 Å². The molecule has 9 heteroatoms. The lowest BCUT2D eigenvalue weighted by Gasteiger charge is -2.42. The van der Waals surface area contributed by atoms with Gasteiger partial charge in [0.05, 0.1) is 39.8 Å². The van der Waals surface area contributed by atoms with Gasteiger partial charge in [-0.15, -0.1) is 11.3 Å². The van der Waals surface area contributed by atoms with E-state index in [1.54, 1.807) is 23.3 Å². The minimum absolute atomic E-state index is 0.00404. The molecule has 2 fully saturated rings. The Labute approximate surface area is 196 Å². The number of nitrogen functional groups attached to an aromatic ring is 1. The maximum Gasteiger partial charge on any atom is 0.313 e. The molecule has 172 valence electrons. The lowest BCUT2D eigenvalue weighted by Crippen LogP contribution is -2.50. The minimum Gasteiger partial charge on any atom is -0.383 e. The van der Waals surface area contributed by atoms with Gasteiger partial charge in [-0.2, -0.15) is 0 Å². The highest BCUT2D eigenvalue weighted by Crippen LogP contribution is 2.43. The highest BCUT2D eigenvalue weighted by molar-refractivity contribution is 7.16. The fraction of sp³-hybridized carbons (Fsp3) is 0.417. The first-order valence-electron chi connectivity index (χ1n) is 11.2. The van der Waals surface area contributed by atoms with Gasteiger partial charge in [-0.25, -0.2) is 9.97 Å². The van der Waals surface area contributed by atoms with Gasteiger partial charge in [-0.1, -0.05) is 13.0 Å². The molecule has 3 aromatic rings. The molecule has 1 saturated carbocycles. The molecule has 2 amide bonds. The zero-order chi connectivity index (χ0) is 23.1. The second-order valence-corrected chi connectivity index (χ2v) is 9.85. The summed E-state index contributed by atoms with van der Waals surface area (Å²) in [7, 11) is 1.69.